The zero-order chi connectivity index (χ0) is 40.0. The number of carbonyl (C=O) groups is 1. The van der Waals surface area contributed by atoms with E-state index in [1.807, 2.05) is 6.08 Å². The number of rotatable bonds is 46. The first-order chi connectivity index (χ1) is 27.2. The molecule has 0 aromatic rings. The van der Waals surface area contributed by atoms with E-state index >= 15 is 0 Å². The Kier molecular flexibility index (Phi) is 46.2. The Hall–Kier alpha value is -1.17. The number of hydrogen-bond donors (Lipinski definition) is 4. The van der Waals surface area contributed by atoms with E-state index in [1.165, 1.54) is 218 Å². The van der Waals surface area contributed by atoms with E-state index in [9.17, 15) is 15.0 Å². The third-order valence-electron chi connectivity index (χ3n) is 11.5. The average Bonchev–Trinajstić information content (AvgIpc) is 3.19. The molecule has 5 nitrogen and oxygen atoms in total. The second-order valence-corrected chi connectivity index (χ2v) is 17.0. The van der Waals surface area contributed by atoms with E-state index in [-0.39, 0.29) is 12.5 Å². The molecule has 0 fully saturated rings. The Bertz CT molecular complexity index is 799. The number of allylic oxidation sites excluding steroid dienone is 3. The Labute approximate surface area is 343 Å². The topological polar surface area (TPSA) is 89.8 Å². The van der Waals surface area contributed by atoms with Crippen molar-refractivity contribution in [3.8, 4) is 0 Å². The highest BCUT2D eigenvalue weighted by Crippen LogP contribution is 2.17. The number of amides is 1. The van der Waals surface area contributed by atoms with Crippen LogP contribution in [-0.4, -0.2) is 46.6 Å². The number of unbranched alkanes of at least 4 members (excludes halogenated alkanes) is 36. The molecule has 0 rings (SSSR count). The largest absolute Gasteiger partial charge is 0.396 e. The first-order valence-electron chi connectivity index (χ1n) is 24.7. The maximum absolute atomic E-state index is 12.4. The zero-order valence-corrected chi connectivity index (χ0v) is 36.9. The third kappa shape index (κ3) is 43.8. The molecule has 0 unspecified atom stereocenters. The summed E-state index contributed by atoms with van der Waals surface area (Å²) in [5.41, 5.74) is 0. The van der Waals surface area contributed by atoms with Crippen molar-refractivity contribution >= 4 is 5.91 Å². The molecule has 4 N–H and O–H groups in total. The van der Waals surface area contributed by atoms with Crippen LogP contribution in [-0.2, 0) is 4.79 Å². The van der Waals surface area contributed by atoms with Gasteiger partial charge in [-0.15, -0.1) is 0 Å². The van der Waals surface area contributed by atoms with Crippen molar-refractivity contribution in [2.45, 2.75) is 276 Å². The van der Waals surface area contributed by atoms with Crippen molar-refractivity contribution in [1.82, 2.24) is 5.32 Å². The Morgan fingerprint density at radius 2 is 0.745 bits per heavy atom. The second-order valence-electron chi connectivity index (χ2n) is 17.0. The molecule has 0 heterocycles. The number of aliphatic hydroxyl groups excluding tert-OH is 3. The molecule has 0 spiro atoms. The highest BCUT2D eigenvalue weighted by atomic mass is 16.3. The first kappa shape index (κ1) is 53.8. The maximum Gasteiger partial charge on any atom is 0.220 e. The van der Waals surface area contributed by atoms with Crippen LogP contribution in [0.2, 0.25) is 0 Å². The summed E-state index contributed by atoms with van der Waals surface area (Å²) in [6.07, 6.45) is 59.0. The Morgan fingerprint density at radius 1 is 0.436 bits per heavy atom. The van der Waals surface area contributed by atoms with Crippen molar-refractivity contribution < 1.29 is 20.1 Å². The highest BCUT2D eigenvalue weighted by molar-refractivity contribution is 5.76. The van der Waals surface area contributed by atoms with Gasteiger partial charge in [-0.25, -0.2) is 0 Å². The molecule has 0 aromatic carbocycles. The highest BCUT2D eigenvalue weighted by Gasteiger charge is 2.18. The SMILES string of the molecule is CCC/C=C\CCCCCCCC/C=C/[C@@H](O)[C@H](CO)NC(=O)CCCCCCCCCCCCCCCCCCCCCCCCCCCCCCCO. The fourth-order valence-corrected chi connectivity index (χ4v) is 7.69. The molecule has 0 aliphatic rings. The molecule has 0 aliphatic carbocycles. The minimum atomic E-state index is -0.843. The normalized spacial score (nSPS) is 13.0. The molecule has 0 saturated heterocycles. The summed E-state index contributed by atoms with van der Waals surface area (Å²) >= 11 is 0. The molecule has 2 atom stereocenters. The zero-order valence-electron chi connectivity index (χ0n) is 36.9. The molecule has 0 bridgehead atoms. The quantitative estimate of drug-likeness (QED) is 0.0366. The summed E-state index contributed by atoms with van der Waals surface area (Å²) in [4.78, 5) is 12.4. The van der Waals surface area contributed by atoms with Crippen LogP contribution in [0.1, 0.15) is 264 Å². The van der Waals surface area contributed by atoms with E-state index in [0.717, 1.165) is 32.1 Å². The van der Waals surface area contributed by atoms with Crippen LogP contribution < -0.4 is 5.32 Å². The van der Waals surface area contributed by atoms with Gasteiger partial charge in [0.15, 0.2) is 0 Å². The summed E-state index contributed by atoms with van der Waals surface area (Å²) in [5, 5.41) is 31.8. The van der Waals surface area contributed by atoms with Crippen LogP contribution in [0, 0.1) is 0 Å². The van der Waals surface area contributed by atoms with Crippen molar-refractivity contribution in [2.24, 2.45) is 0 Å². The predicted molar refractivity (Wildman–Crippen MR) is 241 cm³/mol. The number of aliphatic hydroxyl groups is 3. The second kappa shape index (κ2) is 47.2. The van der Waals surface area contributed by atoms with Crippen molar-refractivity contribution in [2.75, 3.05) is 13.2 Å². The first-order valence-corrected chi connectivity index (χ1v) is 24.7. The lowest BCUT2D eigenvalue weighted by molar-refractivity contribution is -0.123. The van der Waals surface area contributed by atoms with E-state index in [1.54, 1.807) is 6.08 Å². The molecule has 326 valence electrons. The molecule has 0 radical (unpaired) electrons. The van der Waals surface area contributed by atoms with Crippen LogP contribution in [0.25, 0.3) is 0 Å². The Balaban J connectivity index is 3.41. The van der Waals surface area contributed by atoms with Crippen LogP contribution in [0.5, 0.6) is 0 Å². The van der Waals surface area contributed by atoms with Gasteiger partial charge in [-0.1, -0.05) is 237 Å². The molecule has 55 heavy (non-hydrogen) atoms. The van der Waals surface area contributed by atoms with Crippen LogP contribution in [0.4, 0.5) is 0 Å². The van der Waals surface area contributed by atoms with Gasteiger partial charge < -0.3 is 20.6 Å². The monoisotopic (exact) mass is 776 g/mol. The van der Waals surface area contributed by atoms with Crippen molar-refractivity contribution in [1.29, 1.82) is 0 Å². The predicted octanol–water partition coefficient (Wildman–Crippen LogP) is 14.6. The lowest BCUT2D eigenvalue weighted by Gasteiger charge is -2.20. The average molecular weight is 776 g/mol. The van der Waals surface area contributed by atoms with Crippen LogP contribution in [0.3, 0.4) is 0 Å². The lowest BCUT2D eigenvalue weighted by Crippen LogP contribution is -2.45. The molecule has 0 aromatic heterocycles. The molecular formula is C50H97NO4. The minimum absolute atomic E-state index is 0.0661. The van der Waals surface area contributed by atoms with Crippen molar-refractivity contribution in [3.05, 3.63) is 24.3 Å². The number of nitrogens with one attached hydrogen (secondary N) is 1. The summed E-state index contributed by atoms with van der Waals surface area (Å²) < 4.78 is 0. The summed E-state index contributed by atoms with van der Waals surface area (Å²) in [6.45, 7) is 2.33. The maximum atomic E-state index is 12.4. The fourth-order valence-electron chi connectivity index (χ4n) is 7.69. The smallest absolute Gasteiger partial charge is 0.220 e. The van der Waals surface area contributed by atoms with Gasteiger partial charge in [0.2, 0.25) is 5.91 Å². The summed E-state index contributed by atoms with van der Waals surface area (Å²) in [5.74, 6) is -0.0661. The number of hydrogen-bond acceptors (Lipinski definition) is 4. The standard InChI is InChI=1S/C50H97NO4/c1-2-3-4-5-6-7-8-26-29-32-35-38-41-44-49(54)48(47-53)51-50(55)45-42-39-36-33-30-27-24-22-20-18-16-14-12-10-9-11-13-15-17-19-21-23-25-28-31-34-37-40-43-46-52/h4-5,41,44,48-49,52-54H,2-3,6-40,42-43,45-47H2,1H3,(H,51,55)/b5-4-,44-41+/t48-,49+/m0/s1. The van der Waals surface area contributed by atoms with Gasteiger partial charge in [0.25, 0.3) is 0 Å². The van der Waals surface area contributed by atoms with Crippen LogP contribution >= 0.6 is 0 Å². The van der Waals surface area contributed by atoms with Crippen molar-refractivity contribution in [3.63, 3.8) is 0 Å². The van der Waals surface area contributed by atoms with E-state index in [2.05, 4.69) is 24.4 Å². The molecule has 5 heteroatoms. The molecule has 0 saturated carbocycles. The van der Waals surface area contributed by atoms with Gasteiger partial charge in [0, 0.05) is 13.0 Å². The number of carbonyl (C=O) groups excluding carboxylic acids is 1. The van der Waals surface area contributed by atoms with Gasteiger partial charge >= 0.3 is 0 Å². The van der Waals surface area contributed by atoms with Gasteiger partial charge in [-0.3, -0.25) is 4.79 Å². The third-order valence-corrected chi connectivity index (χ3v) is 11.5. The van der Waals surface area contributed by atoms with E-state index < -0.39 is 12.1 Å². The minimum Gasteiger partial charge on any atom is -0.396 e. The van der Waals surface area contributed by atoms with Gasteiger partial charge in [-0.2, -0.15) is 0 Å². The fraction of sp³-hybridized carbons (Fsp3) is 0.900. The van der Waals surface area contributed by atoms with Crippen LogP contribution in [0.15, 0.2) is 24.3 Å². The molecular weight excluding hydrogens is 679 g/mol. The summed E-state index contributed by atoms with van der Waals surface area (Å²) in [7, 11) is 0. The van der Waals surface area contributed by atoms with E-state index in [0.29, 0.717) is 13.0 Å². The van der Waals surface area contributed by atoms with Gasteiger partial charge in [0.1, 0.15) is 0 Å². The molecule has 1 amide bonds. The molecule has 0 aliphatic heterocycles. The lowest BCUT2D eigenvalue weighted by atomic mass is 10.0. The Morgan fingerprint density at radius 3 is 1.09 bits per heavy atom. The summed E-state index contributed by atoms with van der Waals surface area (Å²) in [6, 6.07) is -0.625. The van der Waals surface area contributed by atoms with E-state index in [4.69, 9.17) is 5.11 Å². The van der Waals surface area contributed by atoms with Gasteiger partial charge in [-0.05, 0) is 44.9 Å². The van der Waals surface area contributed by atoms with Gasteiger partial charge in [0.05, 0.1) is 18.8 Å².